The van der Waals surface area contributed by atoms with E-state index in [1.54, 1.807) is 6.92 Å². The molecule has 0 fully saturated rings. The molecule has 0 saturated heterocycles. The standard InChI is InChI=1S/C6H10N2O2S/c1-4(5(9)10)11-6-7-2-3-8-6/h4H,2-3H2,1H3,(H,7,8)(H,9,10). The molecule has 1 heterocycles. The van der Waals surface area contributed by atoms with Crippen molar-refractivity contribution in [2.45, 2.75) is 12.2 Å². The fourth-order valence-corrected chi connectivity index (χ4v) is 1.46. The van der Waals surface area contributed by atoms with E-state index in [-0.39, 0.29) is 0 Å². The van der Waals surface area contributed by atoms with Gasteiger partial charge >= 0.3 is 5.97 Å². The maximum Gasteiger partial charge on any atom is 0.316 e. The number of rotatable bonds is 2. The lowest BCUT2D eigenvalue weighted by Gasteiger charge is -2.04. The van der Waals surface area contributed by atoms with Crippen molar-refractivity contribution in [1.82, 2.24) is 5.32 Å². The smallest absolute Gasteiger partial charge is 0.316 e. The van der Waals surface area contributed by atoms with Crippen LogP contribution in [-0.2, 0) is 4.79 Å². The van der Waals surface area contributed by atoms with E-state index in [1.807, 2.05) is 0 Å². The number of nitrogens with one attached hydrogen (secondary N) is 1. The zero-order valence-electron chi connectivity index (χ0n) is 6.20. The maximum absolute atomic E-state index is 10.4. The molecule has 1 aliphatic heterocycles. The summed E-state index contributed by atoms with van der Waals surface area (Å²) >= 11 is 1.25. The highest BCUT2D eigenvalue weighted by Gasteiger charge is 2.16. The molecule has 0 aromatic rings. The summed E-state index contributed by atoms with van der Waals surface area (Å²) in [6.45, 7) is 3.23. The molecule has 0 saturated carbocycles. The Morgan fingerprint density at radius 1 is 1.91 bits per heavy atom. The first-order chi connectivity index (χ1) is 5.20. The Morgan fingerprint density at radius 3 is 3.09 bits per heavy atom. The molecular formula is C6H10N2O2S. The van der Waals surface area contributed by atoms with Crippen molar-refractivity contribution in [3.05, 3.63) is 0 Å². The van der Waals surface area contributed by atoms with Crippen LogP contribution in [0.25, 0.3) is 0 Å². The number of aliphatic imine (C=N–C) groups is 1. The molecule has 11 heavy (non-hydrogen) atoms. The molecule has 1 aliphatic rings. The van der Waals surface area contributed by atoms with E-state index in [4.69, 9.17) is 5.11 Å². The monoisotopic (exact) mass is 174 g/mol. The van der Waals surface area contributed by atoms with E-state index in [0.717, 1.165) is 18.3 Å². The third-order valence-electron chi connectivity index (χ3n) is 1.28. The number of amidine groups is 1. The molecule has 0 aliphatic carbocycles. The van der Waals surface area contributed by atoms with Crippen molar-refractivity contribution >= 4 is 22.9 Å². The predicted molar refractivity (Wildman–Crippen MR) is 45.0 cm³/mol. The molecule has 5 heteroatoms. The fourth-order valence-electron chi connectivity index (χ4n) is 0.673. The van der Waals surface area contributed by atoms with Crippen molar-refractivity contribution in [3.63, 3.8) is 0 Å². The second-order valence-electron chi connectivity index (χ2n) is 2.21. The van der Waals surface area contributed by atoms with Gasteiger partial charge in [0.1, 0.15) is 5.25 Å². The summed E-state index contributed by atoms with van der Waals surface area (Å²) in [6, 6.07) is 0. The number of aliphatic carboxylic acids is 1. The molecular weight excluding hydrogens is 164 g/mol. The first kappa shape index (κ1) is 8.39. The molecule has 62 valence electrons. The second kappa shape index (κ2) is 3.61. The average Bonchev–Trinajstić information content (AvgIpc) is 2.39. The van der Waals surface area contributed by atoms with E-state index >= 15 is 0 Å². The lowest BCUT2D eigenvalue weighted by Crippen LogP contribution is -2.21. The van der Waals surface area contributed by atoms with Crippen LogP contribution in [0.1, 0.15) is 6.92 Å². The molecule has 0 aromatic carbocycles. The van der Waals surface area contributed by atoms with Gasteiger partial charge in [0.05, 0.1) is 6.54 Å². The van der Waals surface area contributed by atoms with E-state index in [0.29, 0.717) is 0 Å². The van der Waals surface area contributed by atoms with Crippen molar-refractivity contribution in [1.29, 1.82) is 0 Å². The Labute approximate surface area is 69.1 Å². The minimum Gasteiger partial charge on any atom is -0.480 e. The number of carboxylic acids is 1. The van der Waals surface area contributed by atoms with Crippen LogP contribution in [0.5, 0.6) is 0 Å². The van der Waals surface area contributed by atoms with Gasteiger partial charge in [-0.3, -0.25) is 9.79 Å². The number of carboxylic acid groups (broad SMARTS) is 1. The Bertz CT molecular complexity index is 193. The van der Waals surface area contributed by atoms with Crippen molar-refractivity contribution in [2.24, 2.45) is 4.99 Å². The van der Waals surface area contributed by atoms with E-state index in [2.05, 4.69) is 10.3 Å². The summed E-state index contributed by atoms with van der Waals surface area (Å²) in [6.07, 6.45) is 0. The van der Waals surface area contributed by atoms with Gasteiger partial charge in [-0.1, -0.05) is 11.8 Å². The van der Waals surface area contributed by atoms with Gasteiger partial charge in [-0.25, -0.2) is 0 Å². The maximum atomic E-state index is 10.4. The Morgan fingerprint density at radius 2 is 2.64 bits per heavy atom. The molecule has 0 spiro atoms. The second-order valence-corrected chi connectivity index (χ2v) is 3.54. The zero-order chi connectivity index (χ0) is 8.27. The minimum atomic E-state index is -0.800. The van der Waals surface area contributed by atoms with Gasteiger partial charge in [-0.15, -0.1) is 0 Å². The van der Waals surface area contributed by atoms with Crippen LogP contribution in [0, 0.1) is 0 Å². The summed E-state index contributed by atoms with van der Waals surface area (Å²) < 4.78 is 0. The quantitative estimate of drug-likeness (QED) is 0.625. The van der Waals surface area contributed by atoms with Crippen molar-refractivity contribution < 1.29 is 9.90 Å². The number of nitrogens with zero attached hydrogens (tertiary/aromatic N) is 1. The van der Waals surface area contributed by atoms with Gasteiger partial charge in [0.15, 0.2) is 5.17 Å². The highest BCUT2D eigenvalue weighted by atomic mass is 32.2. The molecule has 0 radical (unpaired) electrons. The van der Waals surface area contributed by atoms with Crippen molar-refractivity contribution in [2.75, 3.05) is 13.1 Å². The Balaban J connectivity index is 2.35. The molecule has 0 amide bonds. The highest BCUT2D eigenvalue weighted by molar-refractivity contribution is 8.14. The van der Waals surface area contributed by atoms with Crippen LogP contribution in [0.4, 0.5) is 0 Å². The summed E-state index contributed by atoms with van der Waals surface area (Å²) in [4.78, 5) is 14.4. The zero-order valence-corrected chi connectivity index (χ0v) is 7.02. The van der Waals surface area contributed by atoms with Crippen LogP contribution >= 0.6 is 11.8 Å². The Hall–Kier alpha value is -0.710. The minimum absolute atomic E-state index is 0.417. The van der Waals surface area contributed by atoms with Crippen LogP contribution in [-0.4, -0.2) is 34.6 Å². The Kier molecular flexibility index (Phi) is 2.76. The van der Waals surface area contributed by atoms with Crippen LogP contribution in [0.15, 0.2) is 4.99 Å². The molecule has 1 unspecified atom stereocenters. The number of thioether (sulfide) groups is 1. The van der Waals surface area contributed by atoms with E-state index in [9.17, 15) is 4.79 Å². The van der Waals surface area contributed by atoms with Gasteiger partial charge < -0.3 is 10.4 Å². The van der Waals surface area contributed by atoms with Gasteiger partial charge in [-0.05, 0) is 6.92 Å². The molecule has 2 N–H and O–H groups in total. The SMILES string of the molecule is CC(SC1=NCCN1)C(=O)O. The van der Waals surface area contributed by atoms with Gasteiger partial charge in [-0.2, -0.15) is 0 Å². The summed E-state index contributed by atoms with van der Waals surface area (Å²) in [5, 5.41) is 11.9. The molecule has 1 atom stereocenters. The summed E-state index contributed by atoms with van der Waals surface area (Å²) in [5.74, 6) is -0.800. The van der Waals surface area contributed by atoms with E-state index in [1.165, 1.54) is 11.8 Å². The molecule has 0 bridgehead atoms. The van der Waals surface area contributed by atoms with Crippen molar-refractivity contribution in [3.8, 4) is 0 Å². The van der Waals surface area contributed by atoms with Crippen LogP contribution in [0.2, 0.25) is 0 Å². The van der Waals surface area contributed by atoms with Gasteiger partial charge in [0.25, 0.3) is 0 Å². The number of hydrogen-bond donors (Lipinski definition) is 2. The van der Waals surface area contributed by atoms with Crippen LogP contribution in [0.3, 0.4) is 0 Å². The molecule has 4 nitrogen and oxygen atoms in total. The summed E-state index contributed by atoms with van der Waals surface area (Å²) in [7, 11) is 0. The lowest BCUT2D eigenvalue weighted by atomic mass is 10.5. The predicted octanol–water partition coefficient (Wildman–Crippen LogP) is 0.152. The van der Waals surface area contributed by atoms with E-state index < -0.39 is 11.2 Å². The van der Waals surface area contributed by atoms with Crippen LogP contribution < -0.4 is 5.32 Å². The lowest BCUT2D eigenvalue weighted by molar-refractivity contribution is -0.136. The first-order valence-corrected chi connectivity index (χ1v) is 4.26. The van der Waals surface area contributed by atoms with Gasteiger partial charge in [0, 0.05) is 6.54 Å². The third kappa shape index (κ3) is 2.42. The molecule has 1 rings (SSSR count). The highest BCUT2D eigenvalue weighted by Crippen LogP contribution is 2.12. The largest absolute Gasteiger partial charge is 0.480 e. The average molecular weight is 174 g/mol. The first-order valence-electron chi connectivity index (χ1n) is 3.38. The number of hydrogen-bond acceptors (Lipinski definition) is 4. The molecule has 0 aromatic heterocycles. The summed E-state index contributed by atoms with van der Waals surface area (Å²) in [5.41, 5.74) is 0. The normalized spacial score (nSPS) is 18.8. The van der Waals surface area contributed by atoms with Gasteiger partial charge in [0.2, 0.25) is 0 Å². The number of carbonyl (C=O) groups is 1. The topological polar surface area (TPSA) is 61.7 Å². The third-order valence-corrected chi connectivity index (χ3v) is 2.33. The fraction of sp³-hybridized carbons (Fsp3) is 0.667.